The molecule has 0 spiro atoms. The van der Waals surface area contributed by atoms with Crippen molar-refractivity contribution in [1.82, 2.24) is 10.2 Å². The molecule has 1 unspecified atom stereocenters. The van der Waals surface area contributed by atoms with Crippen molar-refractivity contribution in [1.29, 1.82) is 0 Å². The van der Waals surface area contributed by atoms with E-state index in [0.29, 0.717) is 13.1 Å². The Balaban J connectivity index is 4.20. The topological polar surface area (TPSA) is 69.6 Å². The number of urea groups is 1. The summed E-state index contributed by atoms with van der Waals surface area (Å²) in [6.07, 6.45) is 0. The third kappa shape index (κ3) is 4.51. The molecule has 16 heavy (non-hydrogen) atoms. The molecule has 0 aliphatic heterocycles. The molecule has 5 heteroatoms. The van der Waals surface area contributed by atoms with E-state index in [2.05, 4.69) is 5.32 Å². The number of carboxylic acids is 1. The standard InChI is InChI=1S/C11H22N2O3/c1-5-13(6-2)11(16)12-7-9(8(3)4)10(14)15/h8-9H,5-7H2,1-4H3,(H,12,16)(H,14,15). The number of hydrogen-bond donors (Lipinski definition) is 2. The minimum Gasteiger partial charge on any atom is -0.481 e. The molecule has 0 aromatic heterocycles. The van der Waals surface area contributed by atoms with Gasteiger partial charge in [-0.25, -0.2) is 4.79 Å². The predicted molar refractivity (Wildman–Crippen MR) is 62.3 cm³/mol. The Morgan fingerprint density at radius 3 is 2.06 bits per heavy atom. The van der Waals surface area contributed by atoms with Gasteiger partial charge in [0.05, 0.1) is 5.92 Å². The van der Waals surface area contributed by atoms with Crippen molar-refractivity contribution < 1.29 is 14.7 Å². The highest BCUT2D eigenvalue weighted by molar-refractivity contribution is 5.76. The van der Waals surface area contributed by atoms with Gasteiger partial charge < -0.3 is 15.3 Å². The van der Waals surface area contributed by atoms with E-state index in [1.165, 1.54) is 0 Å². The van der Waals surface area contributed by atoms with Crippen LogP contribution in [0.1, 0.15) is 27.7 Å². The number of hydrogen-bond acceptors (Lipinski definition) is 2. The van der Waals surface area contributed by atoms with E-state index in [1.54, 1.807) is 4.90 Å². The molecule has 0 radical (unpaired) electrons. The van der Waals surface area contributed by atoms with E-state index >= 15 is 0 Å². The number of carbonyl (C=O) groups is 2. The van der Waals surface area contributed by atoms with Crippen molar-refractivity contribution in [2.75, 3.05) is 19.6 Å². The van der Waals surface area contributed by atoms with Crippen molar-refractivity contribution in [3.63, 3.8) is 0 Å². The van der Waals surface area contributed by atoms with Crippen molar-refractivity contribution in [2.24, 2.45) is 11.8 Å². The maximum atomic E-state index is 11.6. The second kappa shape index (κ2) is 7.09. The quantitative estimate of drug-likeness (QED) is 0.724. The predicted octanol–water partition coefficient (Wildman–Crippen LogP) is 1.39. The molecule has 0 aliphatic rings. The van der Waals surface area contributed by atoms with Crippen LogP contribution in [0.3, 0.4) is 0 Å². The van der Waals surface area contributed by atoms with Crippen LogP contribution in [0, 0.1) is 11.8 Å². The highest BCUT2D eigenvalue weighted by Crippen LogP contribution is 2.09. The van der Waals surface area contributed by atoms with Crippen LogP contribution in [-0.2, 0) is 4.79 Å². The molecular weight excluding hydrogens is 208 g/mol. The first-order valence-corrected chi connectivity index (χ1v) is 5.69. The Kier molecular flexibility index (Phi) is 6.53. The van der Waals surface area contributed by atoms with Crippen LogP contribution in [0.4, 0.5) is 4.79 Å². The molecule has 94 valence electrons. The van der Waals surface area contributed by atoms with Gasteiger partial charge in [-0.2, -0.15) is 0 Å². The van der Waals surface area contributed by atoms with Gasteiger partial charge in [0.2, 0.25) is 0 Å². The van der Waals surface area contributed by atoms with Gasteiger partial charge in [-0.3, -0.25) is 4.79 Å². The minimum atomic E-state index is -0.866. The molecule has 0 bridgehead atoms. The minimum absolute atomic E-state index is 0.00880. The van der Waals surface area contributed by atoms with Crippen molar-refractivity contribution >= 4 is 12.0 Å². The number of carbonyl (C=O) groups excluding carboxylic acids is 1. The molecule has 0 fully saturated rings. The highest BCUT2D eigenvalue weighted by Gasteiger charge is 2.22. The lowest BCUT2D eigenvalue weighted by Crippen LogP contribution is -2.43. The highest BCUT2D eigenvalue weighted by atomic mass is 16.4. The van der Waals surface area contributed by atoms with E-state index < -0.39 is 11.9 Å². The van der Waals surface area contributed by atoms with Crippen LogP contribution < -0.4 is 5.32 Å². The molecule has 2 N–H and O–H groups in total. The summed E-state index contributed by atoms with van der Waals surface area (Å²) in [5, 5.41) is 11.6. The monoisotopic (exact) mass is 230 g/mol. The number of nitrogens with zero attached hydrogens (tertiary/aromatic N) is 1. The molecule has 5 nitrogen and oxygen atoms in total. The second-order valence-corrected chi connectivity index (χ2v) is 4.05. The van der Waals surface area contributed by atoms with Gasteiger partial charge >= 0.3 is 12.0 Å². The lowest BCUT2D eigenvalue weighted by Gasteiger charge is -2.22. The Morgan fingerprint density at radius 2 is 1.75 bits per heavy atom. The van der Waals surface area contributed by atoms with Crippen LogP contribution in [0.2, 0.25) is 0 Å². The Bertz CT molecular complexity index is 237. The second-order valence-electron chi connectivity index (χ2n) is 4.05. The summed E-state index contributed by atoms with van der Waals surface area (Å²) < 4.78 is 0. The van der Waals surface area contributed by atoms with E-state index in [0.717, 1.165) is 0 Å². The summed E-state index contributed by atoms with van der Waals surface area (Å²) in [5.74, 6) is -1.39. The number of aliphatic carboxylic acids is 1. The number of carboxylic acid groups (broad SMARTS) is 1. The SMILES string of the molecule is CCN(CC)C(=O)NCC(C(=O)O)C(C)C. The molecular formula is C11H22N2O3. The molecule has 0 aromatic rings. The van der Waals surface area contributed by atoms with Crippen molar-refractivity contribution in [2.45, 2.75) is 27.7 Å². The molecule has 0 saturated heterocycles. The zero-order valence-corrected chi connectivity index (χ0v) is 10.5. The molecule has 0 saturated carbocycles. The van der Waals surface area contributed by atoms with Gasteiger partial charge in [0, 0.05) is 19.6 Å². The molecule has 0 rings (SSSR count). The first-order chi connectivity index (χ1) is 7.43. The average molecular weight is 230 g/mol. The Morgan fingerprint density at radius 1 is 1.25 bits per heavy atom. The Hall–Kier alpha value is -1.26. The Labute approximate surface area is 96.8 Å². The van der Waals surface area contributed by atoms with E-state index in [4.69, 9.17) is 5.11 Å². The van der Waals surface area contributed by atoms with Crippen molar-refractivity contribution in [3.05, 3.63) is 0 Å². The third-order valence-corrected chi connectivity index (χ3v) is 2.65. The summed E-state index contributed by atoms with van der Waals surface area (Å²) in [7, 11) is 0. The van der Waals surface area contributed by atoms with Gasteiger partial charge in [-0.05, 0) is 19.8 Å². The average Bonchev–Trinajstić information content (AvgIpc) is 2.18. The molecule has 1 atom stereocenters. The molecule has 2 amide bonds. The molecule has 0 aliphatic carbocycles. The van der Waals surface area contributed by atoms with Crippen molar-refractivity contribution in [3.8, 4) is 0 Å². The van der Waals surface area contributed by atoms with Crippen LogP contribution in [0.25, 0.3) is 0 Å². The van der Waals surface area contributed by atoms with Crippen LogP contribution in [0.5, 0.6) is 0 Å². The summed E-state index contributed by atoms with van der Waals surface area (Å²) in [4.78, 5) is 24.1. The maximum Gasteiger partial charge on any atom is 0.317 e. The zero-order chi connectivity index (χ0) is 12.7. The van der Waals surface area contributed by atoms with E-state index in [-0.39, 0.29) is 18.5 Å². The van der Waals surface area contributed by atoms with Gasteiger partial charge in [-0.1, -0.05) is 13.8 Å². The smallest absolute Gasteiger partial charge is 0.317 e. The summed E-state index contributed by atoms with van der Waals surface area (Å²) in [6, 6.07) is -0.197. The van der Waals surface area contributed by atoms with Gasteiger partial charge in [0.15, 0.2) is 0 Å². The van der Waals surface area contributed by atoms with E-state index in [1.807, 2.05) is 27.7 Å². The summed E-state index contributed by atoms with van der Waals surface area (Å²) in [5.41, 5.74) is 0. The first-order valence-electron chi connectivity index (χ1n) is 5.69. The fraction of sp³-hybridized carbons (Fsp3) is 0.818. The van der Waals surface area contributed by atoms with E-state index in [9.17, 15) is 9.59 Å². The first kappa shape index (κ1) is 14.7. The van der Waals surface area contributed by atoms with Crippen LogP contribution in [0.15, 0.2) is 0 Å². The third-order valence-electron chi connectivity index (χ3n) is 2.65. The number of nitrogens with one attached hydrogen (secondary N) is 1. The summed E-state index contributed by atoms with van der Waals surface area (Å²) in [6.45, 7) is 8.89. The van der Waals surface area contributed by atoms with Crippen LogP contribution in [-0.4, -0.2) is 41.6 Å². The number of rotatable bonds is 6. The maximum absolute atomic E-state index is 11.6. The van der Waals surface area contributed by atoms with Gasteiger partial charge in [0.25, 0.3) is 0 Å². The lowest BCUT2D eigenvalue weighted by molar-refractivity contribution is -0.142. The van der Waals surface area contributed by atoms with Gasteiger partial charge in [0.1, 0.15) is 0 Å². The largest absolute Gasteiger partial charge is 0.481 e. The molecule has 0 heterocycles. The normalized spacial score (nSPS) is 12.3. The lowest BCUT2D eigenvalue weighted by atomic mass is 9.96. The van der Waals surface area contributed by atoms with Crippen LogP contribution >= 0.6 is 0 Å². The van der Waals surface area contributed by atoms with Gasteiger partial charge in [-0.15, -0.1) is 0 Å². The fourth-order valence-electron chi connectivity index (χ4n) is 1.43. The number of amides is 2. The zero-order valence-electron chi connectivity index (χ0n) is 10.5. The molecule has 0 aromatic carbocycles. The fourth-order valence-corrected chi connectivity index (χ4v) is 1.43. The summed E-state index contributed by atoms with van der Waals surface area (Å²) >= 11 is 0.